The van der Waals surface area contributed by atoms with E-state index in [1.54, 1.807) is 18.3 Å². The van der Waals surface area contributed by atoms with Crippen molar-refractivity contribution in [3.63, 3.8) is 0 Å². The Labute approximate surface area is 169 Å². The van der Waals surface area contributed by atoms with E-state index in [0.29, 0.717) is 18.1 Å². The second-order valence-corrected chi connectivity index (χ2v) is 7.39. The van der Waals surface area contributed by atoms with Crippen molar-refractivity contribution in [2.24, 2.45) is 5.92 Å². The van der Waals surface area contributed by atoms with Gasteiger partial charge in [-0.1, -0.05) is 29.8 Å². The van der Waals surface area contributed by atoms with E-state index in [2.05, 4.69) is 15.2 Å². The van der Waals surface area contributed by atoms with E-state index in [9.17, 15) is 9.18 Å². The molecule has 0 radical (unpaired) electrons. The molecule has 1 atom stereocenters. The van der Waals surface area contributed by atoms with Gasteiger partial charge in [0, 0.05) is 30.5 Å². The zero-order valence-corrected chi connectivity index (χ0v) is 16.3. The van der Waals surface area contributed by atoms with Crippen LogP contribution in [0.15, 0.2) is 60.8 Å². The number of halogens is 1. The van der Waals surface area contributed by atoms with Gasteiger partial charge in [0.1, 0.15) is 11.6 Å². The first-order chi connectivity index (χ1) is 14.1. The zero-order chi connectivity index (χ0) is 20.2. The number of hydrogen-bond acceptors (Lipinski definition) is 4. The van der Waals surface area contributed by atoms with Crippen molar-refractivity contribution < 1.29 is 9.18 Å². The highest BCUT2D eigenvalue weighted by atomic mass is 19.1. The molecule has 0 spiro atoms. The van der Waals surface area contributed by atoms with Crippen molar-refractivity contribution in [2.45, 2.75) is 19.8 Å². The first kappa shape index (κ1) is 19.1. The molecule has 29 heavy (non-hydrogen) atoms. The molecular weight excluding hydrogens is 367 g/mol. The number of aromatic nitrogens is 2. The second-order valence-electron chi connectivity index (χ2n) is 7.39. The molecule has 1 aromatic heterocycles. The molecule has 1 aliphatic rings. The maximum absolute atomic E-state index is 13.1. The van der Waals surface area contributed by atoms with Gasteiger partial charge in [-0.15, -0.1) is 0 Å². The number of carbonyl (C=O) groups excluding carboxylic acids is 1. The third-order valence-corrected chi connectivity index (χ3v) is 5.18. The number of amides is 1. The lowest BCUT2D eigenvalue weighted by Gasteiger charge is -2.33. The van der Waals surface area contributed by atoms with Crippen molar-refractivity contribution in [1.29, 1.82) is 0 Å². The van der Waals surface area contributed by atoms with E-state index >= 15 is 0 Å². The van der Waals surface area contributed by atoms with Gasteiger partial charge in [0.25, 0.3) is 0 Å². The molecule has 1 saturated heterocycles. The van der Waals surface area contributed by atoms with Gasteiger partial charge >= 0.3 is 0 Å². The van der Waals surface area contributed by atoms with Crippen LogP contribution >= 0.6 is 0 Å². The summed E-state index contributed by atoms with van der Waals surface area (Å²) in [4.78, 5) is 24.0. The number of rotatable bonds is 4. The number of aryl methyl sites for hydroxylation is 1. The molecule has 1 unspecified atom stereocenters. The summed E-state index contributed by atoms with van der Waals surface area (Å²) in [5, 5.41) is 2.89. The van der Waals surface area contributed by atoms with Gasteiger partial charge in [-0.3, -0.25) is 4.79 Å². The van der Waals surface area contributed by atoms with Crippen LogP contribution < -0.4 is 10.2 Å². The summed E-state index contributed by atoms with van der Waals surface area (Å²) in [7, 11) is 0. The highest BCUT2D eigenvalue weighted by Crippen LogP contribution is 2.25. The minimum absolute atomic E-state index is 0.0471. The monoisotopic (exact) mass is 390 g/mol. The first-order valence-corrected chi connectivity index (χ1v) is 9.80. The number of benzene rings is 2. The fraction of sp³-hybridized carbons (Fsp3) is 0.261. The Hall–Kier alpha value is -3.28. The van der Waals surface area contributed by atoms with Crippen LogP contribution in [-0.2, 0) is 4.79 Å². The average molecular weight is 390 g/mol. The minimum Gasteiger partial charge on any atom is -0.356 e. The first-order valence-electron chi connectivity index (χ1n) is 9.80. The summed E-state index contributed by atoms with van der Waals surface area (Å²) < 4.78 is 13.1. The Bertz CT molecular complexity index is 989. The highest BCUT2D eigenvalue weighted by molar-refractivity contribution is 5.93. The van der Waals surface area contributed by atoms with E-state index in [-0.39, 0.29) is 17.6 Å². The summed E-state index contributed by atoms with van der Waals surface area (Å²) in [5.74, 6) is 0.996. The standard InChI is InChI=1S/C23H23FN4O/c1-16-4-6-17(7-5-16)22-25-13-12-21(27-22)28-14-2-3-18(15-28)23(29)26-20-10-8-19(24)9-11-20/h4-13,18H,2-3,14-15H2,1H3,(H,26,29). The van der Waals surface area contributed by atoms with E-state index < -0.39 is 0 Å². The lowest BCUT2D eigenvalue weighted by atomic mass is 9.97. The molecule has 4 rings (SSSR count). The topological polar surface area (TPSA) is 58.1 Å². The summed E-state index contributed by atoms with van der Waals surface area (Å²) in [6, 6.07) is 15.8. The third kappa shape index (κ3) is 4.59. The molecule has 1 fully saturated rings. The number of anilines is 2. The predicted molar refractivity (Wildman–Crippen MR) is 112 cm³/mol. The predicted octanol–water partition coefficient (Wildman–Crippen LogP) is 4.45. The Balaban J connectivity index is 1.46. The number of nitrogens with zero attached hydrogens (tertiary/aromatic N) is 3. The number of nitrogens with one attached hydrogen (secondary N) is 1. The summed E-state index contributed by atoms with van der Waals surface area (Å²) in [6.45, 7) is 3.49. The second kappa shape index (κ2) is 8.39. The smallest absolute Gasteiger partial charge is 0.229 e. The molecule has 2 aromatic carbocycles. The van der Waals surface area contributed by atoms with Crippen LogP contribution in [-0.4, -0.2) is 29.0 Å². The molecule has 0 bridgehead atoms. The molecule has 1 aliphatic heterocycles. The molecule has 0 saturated carbocycles. The normalized spacial score (nSPS) is 16.5. The molecule has 1 amide bonds. The van der Waals surface area contributed by atoms with Gasteiger partial charge in [-0.05, 0) is 50.1 Å². The van der Waals surface area contributed by atoms with Crippen LogP contribution in [0.25, 0.3) is 11.4 Å². The van der Waals surface area contributed by atoms with Gasteiger partial charge in [-0.25, -0.2) is 14.4 Å². The molecule has 3 aromatic rings. The lowest BCUT2D eigenvalue weighted by molar-refractivity contribution is -0.120. The van der Waals surface area contributed by atoms with Crippen molar-refractivity contribution in [3.05, 3.63) is 72.2 Å². The highest BCUT2D eigenvalue weighted by Gasteiger charge is 2.27. The number of piperidine rings is 1. The minimum atomic E-state index is -0.319. The van der Waals surface area contributed by atoms with E-state index in [4.69, 9.17) is 4.98 Å². The van der Waals surface area contributed by atoms with Crippen LogP contribution in [0.3, 0.4) is 0 Å². The fourth-order valence-electron chi connectivity index (χ4n) is 3.54. The molecule has 2 heterocycles. The third-order valence-electron chi connectivity index (χ3n) is 5.18. The molecule has 1 N–H and O–H groups in total. The Morgan fingerprint density at radius 1 is 1.10 bits per heavy atom. The Morgan fingerprint density at radius 2 is 1.86 bits per heavy atom. The maximum Gasteiger partial charge on any atom is 0.229 e. The largest absolute Gasteiger partial charge is 0.356 e. The van der Waals surface area contributed by atoms with Gasteiger partial charge in [0.15, 0.2) is 5.82 Å². The van der Waals surface area contributed by atoms with Crippen molar-refractivity contribution in [3.8, 4) is 11.4 Å². The van der Waals surface area contributed by atoms with Crippen molar-refractivity contribution in [2.75, 3.05) is 23.3 Å². The van der Waals surface area contributed by atoms with Crippen LogP contribution in [0.1, 0.15) is 18.4 Å². The zero-order valence-electron chi connectivity index (χ0n) is 16.3. The van der Waals surface area contributed by atoms with E-state index in [1.807, 2.05) is 37.3 Å². The Morgan fingerprint density at radius 3 is 2.62 bits per heavy atom. The van der Waals surface area contributed by atoms with Crippen LogP contribution in [0.4, 0.5) is 15.9 Å². The van der Waals surface area contributed by atoms with E-state index in [1.165, 1.54) is 17.7 Å². The number of carbonyl (C=O) groups is 1. The Kier molecular flexibility index (Phi) is 5.51. The number of hydrogen-bond donors (Lipinski definition) is 1. The van der Waals surface area contributed by atoms with Gasteiger partial charge in [-0.2, -0.15) is 0 Å². The lowest BCUT2D eigenvalue weighted by Crippen LogP contribution is -2.41. The summed E-state index contributed by atoms with van der Waals surface area (Å²) in [5.41, 5.74) is 2.77. The molecular formula is C23H23FN4O. The van der Waals surface area contributed by atoms with Gasteiger partial charge in [0.2, 0.25) is 5.91 Å². The molecule has 6 heteroatoms. The van der Waals surface area contributed by atoms with Gasteiger partial charge < -0.3 is 10.2 Å². The van der Waals surface area contributed by atoms with Crippen LogP contribution in [0, 0.1) is 18.7 Å². The van der Waals surface area contributed by atoms with Crippen LogP contribution in [0.2, 0.25) is 0 Å². The van der Waals surface area contributed by atoms with E-state index in [0.717, 1.165) is 30.8 Å². The van der Waals surface area contributed by atoms with Crippen molar-refractivity contribution >= 4 is 17.4 Å². The van der Waals surface area contributed by atoms with Crippen LogP contribution in [0.5, 0.6) is 0 Å². The molecule has 5 nitrogen and oxygen atoms in total. The van der Waals surface area contributed by atoms with Gasteiger partial charge in [0.05, 0.1) is 5.92 Å². The van der Waals surface area contributed by atoms with Crippen molar-refractivity contribution in [1.82, 2.24) is 9.97 Å². The SMILES string of the molecule is Cc1ccc(-c2nccc(N3CCCC(C(=O)Nc4ccc(F)cc4)C3)n2)cc1. The molecule has 148 valence electrons. The average Bonchev–Trinajstić information content (AvgIpc) is 2.76. The summed E-state index contributed by atoms with van der Waals surface area (Å²) in [6.07, 6.45) is 3.49. The quantitative estimate of drug-likeness (QED) is 0.715. The molecule has 0 aliphatic carbocycles. The maximum atomic E-state index is 13.1. The fourth-order valence-corrected chi connectivity index (χ4v) is 3.54. The summed E-state index contributed by atoms with van der Waals surface area (Å²) >= 11 is 0.